The van der Waals surface area contributed by atoms with Gasteiger partial charge in [-0.25, -0.2) is 0 Å². The number of nitrogens with zero attached hydrogens (tertiary/aromatic N) is 1. The van der Waals surface area contributed by atoms with Crippen LogP contribution in [0.5, 0.6) is 11.5 Å². The molecule has 7 heteroatoms. The molecule has 1 amide bonds. The monoisotopic (exact) mass is 329 g/mol. The maximum Gasteiger partial charge on any atom is 0.393 e. The number of alkyl halides is 3. The highest BCUT2D eigenvalue weighted by Gasteiger charge is 2.45. The predicted molar refractivity (Wildman–Crippen MR) is 76.3 cm³/mol. The molecule has 1 fully saturated rings. The average Bonchev–Trinajstić information content (AvgIpc) is 2.53. The van der Waals surface area contributed by atoms with Gasteiger partial charge in [-0.15, -0.1) is 0 Å². The topological polar surface area (TPSA) is 38.8 Å². The van der Waals surface area contributed by atoms with Gasteiger partial charge in [0, 0.05) is 13.1 Å². The number of carbonyl (C=O) groups excluding carboxylic acids is 1. The van der Waals surface area contributed by atoms with Crippen molar-refractivity contribution in [2.75, 3.05) is 13.1 Å². The Bertz CT molecular complexity index is 590. The van der Waals surface area contributed by atoms with Crippen molar-refractivity contribution in [2.45, 2.75) is 38.1 Å². The lowest BCUT2D eigenvalue weighted by atomic mass is 9.96. The summed E-state index contributed by atoms with van der Waals surface area (Å²) in [7, 11) is 0. The fourth-order valence-corrected chi connectivity index (χ4v) is 3.02. The fraction of sp³-hybridized carbons (Fsp3) is 0.562. The van der Waals surface area contributed by atoms with Crippen molar-refractivity contribution in [3.63, 3.8) is 0 Å². The largest absolute Gasteiger partial charge is 0.482 e. The minimum absolute atomic E-state index is 0.0632. The molecule has 0 bridgehead atoms. The molecule has 3 atom stereocenters. The van der Waals surface area contributed by atoms with Crippen LogP contribution in [0.2, 0.25) is 0 Å². The van der Waals surface area contributed by atoms with Crippen molar-refractivity contribution in [1.82, 2.24) is 4.90 Å². The molecule has 1 saturated heterocycles. The summed E-state index contributed by atoms with van der Waals surface area (Å²) in [6, 6.07) is 6.94. The zero-order valence-corrected chi connectivity index (χ0v) is 12.7. The number of fused-ring (bicyclic) bond motifs is 1. The van der Waals surface area contributed by atoms with Gasteiger partial charge in [0.1, 0.15) is 6.10 Å². The number of ether oxygens (including phenoxy) is 2. The highest BCUT2D eigenvalue weighted by molar-refractivity contribution is 5.82. The summed E-state index contributed by atoms with van der Waals surface area (Å²) in [5.41, 5.74) is 0. The van der Waals surface area contributed by atoms with Crippen molar-refractivity contribution >= 4 is 5.91 Å². The number of piperidine rings is 1. The van der Waals surface area contributed by atoms with Crippen molar-refractivity contribution in [3.8, 4) is 11.5 Å². The second-order valence-corrected chi connectivity index (χ2v) is 5.97. The van der Waals surface area contributed by atoms with E-state index < -0.39 is 30.2 Å². The molecule has 126 valence electrons. The molecular formula is C16H18F3NO3. The van der Waals surface area contributed by atoms with Crippen LogP contribution in [0.3, 0.4) is 0 Å². The van der Waals surface area contributed by atoms with Crippen molar-refractivity contribution in [3.05, 3.63) is 24.3 Å². The quantitative estimate of drug-likeness (QED) is 0.795. The normalized spacial score (nSPS) is 27.7. The Balaban J connectivity index is 1.73. The van der Waals surface area contributed by atoms with Crippen LogP contribution in [0.4, 0.5) is 13.2 Å². The Labute approximate surface area is 132 Å². The Morgan fingerprint density at radius 3 is 2.52 bits per heavy atom. The van der Waals surface area contributed by atoms with Crippen LogP contribution in [0, 0.1) is 5.92 Å². The lowest BCUT2D eigenvalue weighted by molar-refractivity contribution is -0.190. The third kappa shape index (κ3) is 3.23. The molecule has 4 nitrogen and oxygen atoms in total. The van der Waals surface area contributed by atoms with E-state index in [2.05, 4.69) is 0 Å². The molecular weight excluding hydrogens is 311 g/mol. The summed E-state index contributed by atoms with van der Waals surface area (Å²) < 4.78 is 50.0. The van der Waals surface area contributed by atoms with E-state index >= 15 is 0 Å². The zero-order chi connectivity index (χ0) is 16.6. The second-order valence-electron chi connectivity index (χ2n) is 5.97. The molecule has 23 heavy (non-hydrogen) atoms. The first-order chi connectivity index (χ1) is 10.9. The highest BCUT2D eigenvalue weighted by atomic mass is 19.4. The molecule has 0 radical (unpaired) electrons. The van der Waals surface area contributed by atoms with Gasteiger partial charge >= 0.3 is 6.18 Å². The van der Waals surface area contributed by atoms with Crippen LogP contribution in [0.25, 0.3) is 0 Å². The Hall–Kier alpha value is -1.92. The van der Waals surface area contributed by atoms with Gasteiger partial charge in [-0.3, -0.25) is 4.79 Å². The standard InChI is InChI=1S/C16H18F3NO3/c1-10-14(23-13-7-3-2-6-12(13)22-10)15(21)20-8-4-5-11(9-20)16(17,18)19/h2-3,6-7,10-11,14H,4-5,8-9H2,1H3/t10-,11-,14-/m0/s1. The van der Waals surface area contributed by atoms with Crippen LogP contribution in [0.1, 0.15) is 19.8 Å². The zero-order valence-electron chi connectivity index (χ0n) is 12.7. The van der Waals surface area contributed by atoms with E-state index in [4.69, 9.17) is 9.47 Å². The van der Waals surface area contributed by atoms with Crippen LogP contribution in [0.15, 0.2) is 24.3 Å². The summed E-state index contributed by atoms with van der Waals surface area (Å²) in [5.74, 6) is -0.933. The fourth-order valence-electron chi connectivity index (χ4n) is 3.02. The van der Waals surface area contributed by atoms with Gasteiger partial charge in [0.2, 0.25) is 6.10 Å². The number of rotatable bonds is 1. The minimum Gasteiger partial charge on any atom is -0.482 e. The maximum atomic E-state index is 12.9. The Morgan fingerprint density at radius 2 is 1.87 bits per heavy atom. The molecule has 0 unspecified atom stereocenters. The molecule has 2 aliphatic rings. The minimum atomic E-state index is -4.28. The average molecular weight is 329 g/mol. The third-order valence-electron chi connectivity index (χ3n) is 4.28. The summed E-state index contributed by atoms with van der Waals surface area (Å²) in [6.07, 6.45) is -5.34. The molecule has 0 N–H and O–H groups in total. The van der Waals surface area contributed by atoms with E-state index in [-0.39, 0.29) is 13.0 Å². The van der Waals surface area contributed by atoms with Crippen LogP contribution >= 0.6 is 0 Å². The molecule has 2 heterocycles. The van der Waals surface area contributed by atoms with Gasteiger partial charge in [0.05, 0.1) is 5.92 Å². The molecule has 3 rings (SSSR count). The predicted octanol–water partition coefficient (Wildman–Crippen LogP) is 3.02. The van der Waals surface area contributed by atoms with Crippen molar-refractivity contribution < 1.29 is 27.4 Å². The van der Waals surface area contributed by atoms with Gasteiger partial charge in [0.25, 0.3) is 5.91 Å². The van der Waals surface area contributed by atoms with Crippen LogP contribution in [-0.2, 0) is 4.79 Å². The molecule has 0 aliphatic carbocycles. The molecule has 0 aromatic heterocycles. The smallest absolute Gasteiger partial charge is 0.393 e. The van der Waals surface area contributed by atoms with Crippen LogP contribution < -0.4 is 9.47 Å². The SMILES string of the molecule is C[C@@H]1Oc2ccccc2O[C@@H]1C(=O)N1CCC[C@H](C(F)(F)F)C1. The summed E-state index contributed by atoms with van der Waals surface area (Å²) >= 11 is 0. The molecule has 2 aliphatic heterocycles. The maximum absolute atomic E-state index is 12.9. The van der Waals surface area contributed by atoms with Crippen LogP contribution in [-0.4, -0.2) is 42.3 Å². The number of benzene rings is 1. The van der Waals surface area contributed by atoms with E-state index in [9.17, 15) is 18.0 Å². The van der Waals surface area contributed by atoms with Gasteiger partial charge in [-0.05, 0) is 31.9 Å². The lowest BCUT2D eigenvalue weighted by Crippen LogP contribution is -2.54. The first kappa shape index (κ1) is 16.0. The van der Waals surface area contributed by atoms with Gasteiger partial charge in [0.15, 0.2) is 11.5 Å². The van der Waals surface area contributed by atoms with Gasteiger partial charge in [-0.1, -0.05) is 12.1 Å². The number of halogens is 3. The van der Waals surface area contributed by atoms with E-state index in [1.54, 1.807) is 31.2 Å². The number of carbonyl (C=O) groups is 1. The first-order valence-corrected chi connectivity index (χ1v) is 7.64. The van der Waals surface area contributed by atoms with E-state index in [0.717, 1.165) is 0 Å². The Morgan fingerprint density at radius 1 is 1.22 bits per heavy atom. The van der Waals surface area contributed by atoms with Crippen molar-refractivity contribution in [2.24, 2.45) is 5.92 Å². The number of para-hydroxylation sites is 2. The molecule has 1 aromatic carbocycles. The molecule has 0 spiro atoms. The Kier molecular flexibility index (Phi) is 4.12. The first-order valence-electron chi connectivity index (χ1n) is 7.64. The van der Waals surface area contributed by atoms with E-state index in [1.165, 1.54) is 4.90 Å². The number of hydrogen-bond acceptors (Lipinski definition) is 3. The summed E-state index contributed by atoms with van der Waals surface area (Å²) in [5, 5.41) is 0. The molecule has 1 aromatic rings. The van der Waals surface area contributed by atoms with Gasteiger partial charge in [-0.2, -0.15) is 13.2 Å². The summed E-state index contributed by atoms with van der Waals surface area (Å²) in [6.45, 7) is 1.69. The number of amides is 1. The third-order valence-corrected chi connectivity index (χ3v) is 4.28. The summed E-state index contributed by atoms with van der Waals surface area (Å²) in [4.78, 5) is 13.8. The number of likely N-dealkylation sites (tertiary alicyclic amines) is 1. The highest BCUT2D eigenvalue weighted by Crippen LogP contribution is 2.36. The van der Waals surface area contributed by atoms with Crippen molar-refractivity contribution in [1.29, 1.82) is 0 Å². The second kappa shape index (κ2) is 5.94. The molecule has 0 saturated carbocycles. The van der Waals surface area contributed by atoms with E-state index in [1.807, 2.05) is 0 Å². The van der Waals surface area contributed by atoms with Gasteiger partial charge < -0.3 is 14.4 Å². The van der Waals surface area contributed by atoms with E-state index in [0.29, 0.717) is 24.5 Å². The number of hydrogen-bond donors (Lipinski definition) is 0. The lowest BCUT2D eigenvalue weighted by Gasteiger charge is -2.38.